The first-order valence-electron chi connectivity index (χ1n) is 8.00. The number of hydrogen-bond acceptors (Lipinski definition) is 3. The van der Waals surface area contributed by atoms with Crippen LogP contribution >= 0.6 is 0 Å². The van der Waals surface area contributed by atoms with Gasteiger partial charge in [0.2, 0.25) is 0 Å². The molecule has 1 rings (SSSR count). The molecular formula is C18H30O3. The van der Waals surface area contributed by atoms with Gasteiger partial charge in [0.15, 0.2) is 0 Å². The van der Waals surface area contributed by atoms with Gasteiger partial charge in [0.1, 0.15) is 5.75 Å². The summed E-state index contributed by atoms with van der Waals surface area (Å²) in [5.74, 6) is 1.18. The Morgan fingerprint density at radius 3 is 2.10 bits per heavy atom. The van der Waals surface area contributed by atoms with E-state index in [2.05, 4.69) is 39.8 Å². The van der Waals surface area contributed by atoms with Gasteiger partial charge >= 0.3 is 0 Å². The van der Waals surface area contributed by atoms with Crippen molar-refractivity contribution in [2.24, 2.45) is 0 Å². The Kier molecular flexibility index (Phi) is 7.20. The smallest absolute Gasteiger partial charge is 0.119 e. The zero-order valence-electron chi connectivity index (χ0n) is 14.0. The van der Waals surface area contributed by atoms with E-state index in [-0.39, 0.29) is 5.92 Å². The molecule has 0 aromatic heterocycles. The van der Waals surface area contributed by atoms with Gasteiger partial charge in [0, 0.05) is 0 Å². The van der Waals surface area contributed by atoms with Crippen molar-refractivity contribution in [2.75, 3.05) is 6.61 Å². The molecule has 2 N–H and O–H groups in total. The Balaban J connectivity index is 2.99. The largest absolute Gasteiger partial charge is 0.494 e. The number of hydrogen-bond donors (Lipinski definition) is 2. The molecule has 0 fully saturated rings. The molecule has 3 heteroatoms. The lowest BCUT2D eigenvalue weighted by molar-refractivity contribution is 0.0214. The summed E-state index contributed by atoms with van der Waals surface area (Å²) in [6.45, 7) is 10.8. The molecule has 0 spiro atoms. The molecule has 0 radical (unpaired) electrons. The lowest BCUT2D eigenvalue weighted by Gasteiger charge is -2.25. The van der Waals surface area contributed by atoms with Crippen molar-refractivity contribution in [3.05, 3.63) is 28.8 Å². The zero-order valence-corrected chi connectivity index (χ0v) is 14.0. The van der Waals surface area contributed by atoms with E-state index in [9.17, 15) is 10.2 Å². The van der Waals surface area contributed by atoms with Gasteiger partial charge in [0.25, 0.3) is 0 Å². The van der Waals surface area contributed by atoms with E-state index in [1.54, 1.807) is 6.92 Å². The molecule has 120 valence electrons. The Hall–Kier alpha value is -1.06. The molecule has 0 heterocycles. The van der Waals surface area contributed by atoms with E-state index in [1.165, 1.54) is 16.7 Å². The van der Waals surface area contributed by atoms with Crippen LogP contribution in [0.1, 0.15) is 62.6 Å². The van der Waals surface area contributed by atoms with Crippen LogP contribution in [0.5, 0.6) is 5.75 Å². The van der Waals surface area contributed by atoms with Crippen LogP contribution in [0.2, 0.25) is 0 Å². The highest BCUT2D eigenvalue weighted by Crippen LogP contribution is 2.33. The first kappa shape index (κ1) is 18.0. The average Bonchev–Trinajstić information content (AvgIpc) is 2.42. The third-order valence-corrected chi connectivity index (χ3v) is 4.02. The minimum Gasteiger partial charge on any atom is -0.494 e. The van der Waals surface area contributed by atoms with Crippen LogP contribution in [0.15, 0.2) is 12.1 Å². The second kappa shape index (κ2) is 8.40. The highest BCUT2D eigenvalue weighted by Gasteiger charge is 2.21. The molecule has 0 aliphatic carbocycles. The van der Waals surface area contributed by atoms with Gasteiger partial charge in [-0.3, -0.25) is 0 Å². The van der Waals surface area contributed by atoms with Crippen molar-refractivity contribution >= 4 is 0 Å². The third-order valence-electron chi connectivity index (χ3n) is 4.02. The van der Waals surface area contributed by atoms with Crippen molar-refractivity contribution in [1.29, 1.82) is 0 Å². The molecule has 0 aliphatic rings. The van der Waals surface area contributed by atoms with Crippen LogP contribution in [0, 0.1) is 13.8 Å². The molecule has 1 aromatic rings. The molecule has 1 aromatic carbocycles. The first-order valence-corrected chi connectivity index (χ1v) is 8.00. The summed E-state index contributed by atoms with van der Waals surface area (Å²) < 4.78 is 5.72. The lowest BCUT2D eigenvalue weighted by atomic mass is 9.84. The van der Waals surface area contributed by atoms with Crippen LogP contribution < -0.4 is 4.74 Å². The lowest BCUT2D eigenvalue weighted by Crippen LogP contribution is -2.25. The fourth-order valence-corrected chi connectivity index (χ4v) is 2.86. The average molecular weight is 294 g/mol. The van der Waals surface area contributed by atoms with Gasteiger partial charge in [-0.15, -0.1) is 0 Å². The molecule has 0 saturated heterocycles. The summed E-state index contributed by atoms with van der Waals surface area (Å²) >= 11 is 0. The minimum atomic E-state index is -0.688. The monoisotopic (exact) mass is 294 g/mol. The normalized spacial score (nSPS) is 15.6. The predicted molar refractivity (Wildman–Crippen MR) is 87.0 cm³/mol. The number of aryl methyl sites for hydroxylation is 2. The SMILES string of the molecule is CCCOc1cc(C)c(C(CC)CC(O)C(C)O)c(C)c1. The minimum absolute atomic E-state index is 0.259. The Labute approximate surface area is 129 Å². The molecule has 3 atom stereocenters. The molecular weight excluding hydrogens is 264 g/mol. The van der Waals surface area contributed by atoms with Crippen LogP contribution in [0.4, 0.5) is 0 Å². The molecule has 0 bridgehead atoms. The number of benzene rings is 1. The molecule has 0 amide bonds. The fourth-order valence-electron chi connectivity index (χ4n) is 2.86. The molecule has 3 nitrogen and oxygen atoms in total. The summed E-state index contributed by atoms with van der Waals surface area (Å²) in [5, 5.41) is 19.5. The van der Waals surface area contributed by atoms with Gasteiger partial charge in [-0.25, -0.2) is 0 Å². The topological polar surface area (TPSA) is 49.7 Å². The van der Waals surface area contributed by atoms with Gasteiger partial charge < -0.3 is 14.9 Å². The highest BCUT2D eigenvalue weighted by atomic mass is 16.5. The van der Waals surface area contributed by atoms with Crippen LogP contribution in [0.3, 0.4) is 0 Å². The summed E-state index contributed by atoms with van der Waals surface area (Å²) in [6.07, 6.45) is 1.17. The second-order valence-corrected chi connectivity index (χ2v) is 5.97. The summed E-state index contributed by atoms with van der Waals surface area (Å²) in [5.41, 5.74) is 3.68. The quantitative estimate of drug-likeness (QED) is 0.768. The standard InChI is InChI=1S/C18H30O3/c1-6-8-21-16-9-12(3)18(13(4)10-16)15(7-2)11-17(20)14(5)19/h9-10,14-15,17,19-20H,6-8,11H2,1-5H3. The van der Waals surface area contributed by atoms with E-state index in [0.717, 1.165) is 25.2 Å². The maximum Gasteiger partial charge on any atom is 0.119 e. The summed E-state index contributed by atoms with van der Waals surface area (Å²) in [7, 11) is 0. The Morgan fingerprint density at radius 1 is 1.10 bits per heavy atom. The van der Waals surface area contributed by atoms with Gasteiger partial charge in [-0.2, -0.15) is 0 Å². The number of aliphatic hydroxyl groups is 2. The van der Waals surface area contributed by atoms with E-state index < -0.39 is 12.2 Å². The number of rotatable bonds is 8. The maximum absolute atomic E-state index is 9.97. The summed E-state index contributed by atoms with van der Waals surface area (Å²) in [4.78, 5) is 0. The predicted octanol–water partition coefficient (Wildman–Crippen LogP) is 3.72. The Bertz CT molecular complexity index is 417. The van der Waals surface area contributed by atoms with Crippen molar-refractivity contribution in [3.8, 4) is 5.75 Å². The molecule has 0 saturated carbocycles. The van der Waals surface area contributed by atoms with E-state index in [1.807, 2.05) is 0 Å². The molecule has 21 heavy (non-hydrogen) atoms. The van der Waals surface area contributed by atoms with Crippen LogP contribution in [0.25, 0.3) is 0 Å². The van der Waals surface area contributed by atoms with Crippen molar-refractivity contribution < 1.29 is 14.9 Å². The maximum atomic E-state index is 9.97. The van der Waals surface area contributed by atoms with Gasteiger partial charge in [-0.05, 0) is 74.8 Å². The van der Waals surface area contributed by atoms with Gasteiger partial charge in [0.05, 0.1) is 18.8 Å². The van der Waals surface area contributed by atoms with Crippen LogP contribution in [-0.2, 0) is 0 Å². The van der Waals surface area contributed by atoms with E-state index in [0.29, 0.717) is 6.42 Å². The third kappa shape index (κ3) is 5.01. The van der Waals surface area contributed by atoms with Crippen molar-refractivity contribution in [2.45, 2.75) is 72.0 Å². The highest BCUT2D eigenvalue weighted by molar-refractivity contribution is 5.43. The van der Waals surface area contributed by atoms with E-state index >= 15 is 0 Å². The Morgan fingerprint density at radius 2 is 1.67 bits per heavy atom. The molecule has 0 aliphatic heterocycles. The molecule has 3 unspecified atom stereocenters. The van der Waals surface area contributed by atoms with Crippen LogP contribution in [-0.4, -0.2) is 29.0 Å². The first-order chi connectivity index (χ1) is 9.90. The number of aliphatic hydroxyl groups excluding tert-OH is 2. The zero-order chi connectivity index (χ0) is 16.0. The number of ether oxygens (including phenoxy) is 1. The fraction of sp³-hybridized carbons (Fsp3) is 0.667. The second-order valence-electron chi connectivity index (χ2n) is 5.97. The van der Waals surface area contributed by atoms with Gasteiger partial charge in [-0.1, -0.05) is 13.8 Å². The van der Waals surface area contributed by atoms with E-state index in [4.69, 9.17) is 4.74 Å². The van der Waals surface area contributed by atoms with Crippen molar-refractivity contribution in [3.63, 3.8) is 0 Å². The van der Waals surface area contributed by atoms with Crippen molar-refractivity contribution in [1.82, 2.24) is 0 Å². The summed E-state index contributed by atoms with van der Waals surface area (Å²) in [6, 6.07) is 4.16.